The largest absolute Gasteiger partial charge is 0.459 e. The fourth-order valence-electron chi connectivity index (χ4n) is 3.14. The van der Waals surface area contributed by atoms with Crippen LogP contribution >= 0.6 is 0 Å². The van der Waals surface area contributed by atoms with Gasteiger partial charge in [-0.1, -0.05) is 38.0 Å². The van der Waals surface area contributed by atoms with Gasteiger partial charge >= 0.3 is 0 Å². The van der Waals surface area contributed by atoms with Gasteiger partial charge in [0, 0.05) is 11.4 Å². The summed E-state index contributed by atoms with van der Waals surface area (Å²) in [7, 11) is 0. The highest BCUT2D eigenvalue weighted by molar-refractivity contribution is 5.82. The van der Waals surface area contributed by atoms with Crippen molar-refractivity contribution in [3.05, 3.63) is 35.6 Å². The average molecular weight is 271 g/mol. The molecule has 1 saturated carbocycles. The van der Waals surface area contributed by atoms with Gasteiger partial charge in [0.1, 0.15) is 11.3 Å². The van der Waals surface area contributed by atoms with Crippen LogP contribution in [0.4, 0.5) is 0 Å². The van der Waals surface area contributed by atoms with E-state index in [9.17, 15) is 0 Å². The fraction of sp³-hybridized carbons (Fsp3) is 0.556. The Balaban J connectivity index is 1.76. The number of nitrogens with one attached hydrogen (secondary N) is 1. The van der Waals surface area contributed by atoms with Gasteiger partial charge in [-0.15, -0.1) is 0 Å². The third-order valence-electron chi connectivity index (χ3n) is 4.57. The summed E-state index contributed by atoms with van der Waals surface area (Å²) < 4.78 is 6.06. The normalized spacial score (nSPS) is 18.4. The van der Waals surface area contributed by atoms with Crippen LogP contribution in [0, 0.1) is 12.8 Å². The quantitative estimate of drug-likeness (QED) is 0.802. The smallest absolute Gasteiger partial charge is 0.134 e. The molecule has 0 aliphatic heterocycles. The van der Waals surface area contributed by atoms with Gasteiger partial charge in [0.05, 0.1) is 6.04 Å². The molecule has 108 valence electrons. The Hall–Kier alpha value is -1.28. The van der Waals surface area contributed by atoms with E-state index in [-0.39, 0.29) is 6.04 Å². The van der Waals surface area contributed by atoms with Crippen LogP contribution in [-0.2, 0) is 0 Å². The highest BCUT2D eigenvalue weighted by Crippen LogP contribution is 2.35. The first-order valence-corrected chi connectivity index (χ1v) is 7.93. The Morgan fingerprint density at radius 2 is 2.05 bits per heavy atom. The third kappa shape index (κ3) is 2.76. The topological polar surface area (TPSA) is 25.2 Å². The van der Waals surface area contributed by atoms with Crippen LogP contribution in [0.25, 0.3) is 11.0 Å². The average Bonchev–Trinajstić information content (AvgIpc) is 3.21. The van der Waals surface area contributed by atoms with Crippen molar-refractivity contribution in [2.45, 2.75) is 58.5 Å². The summed E-state index contributed by atoms with van der Waals surface area (Å²) in [5.74, 6) is 2.07. The zero-order valence-electron chi connectivity index (χ0n) is 12.8. The number of rotatable bonds is 6. The van der Waals surface area contributed by atoms with Crippen LogP contribution in [-0.4, -0.2) is 6.04 Å². The van der Waals surface area contributed by atoms with Crippen LogP contribution in [0.1, 0.15) is 56.9 Å². The molecule has 1 fully saturated rings. The molecule has 0 radical (unpaired) electrons. The minimum absolute atomic E-state index is 0.283. The zero-order valence-corrected chi connectivity index (χ0v) is 12.8. The Morgan fingerprint density at radius 3 is 2.70 bits per heavy atom. The van der Waals surface area contributed by atoms with Crippen molar-refractivity contribution in [3.63, 3.8) is 0 Å². The van der Waals surface area contributed by atoms with Crippen LogP contribution in [0.3, 0.4) is 0 Å². The van der Waals surface area contributed by atoms with Crippen molar-refractivity contribution in [2.24, 2.45) is 5.92 Å². The van der Waals surface area contributed by atoms with Gasteiger partial charge in [0.25, 0.3) is 0 Å². The Kier molecular flexibility index (Phi) is 3.84. The molecule has 0 amide bonds. The zero-order chi connectivity index (χ0) is 14.1. The maximum atomic E-state index is 6.06. The Morgan fingerprint density at radius 1 is 1.30 bits per heavy atom. The molecule has 0 bridgehead atoms. The van der Waals surface area contributed by atoms with E-state index in [4.69, 9.17) is 4.42 Å². The van der Waals surface area contributed by atoms with Crippen LogP contribution in [0.15, 0.2) is 28.7 Å². The molecular weight excluding hydrogens is 246 g/mol. The number of aryl methyl sites for hydroxylation is 1. The van der Waals surface area contributed by atoms with E-state index in [0.717, 1.165) is 17.3 Å². The molecule has 2 nitrogen and oxygen atoms in total. The van der Waals surface area contributed by atoms with Crippen molar-refractivity contribution >= 4 is 11.0 Å². The summed E-state index contributed by atoms with van der Waals surface area (Å²) in [6.45, 7) is 6.67. The number of hydrogen-bond donors (Lipinski definition) is 1. The summed E-state index contributed by atoms with van der Waals surface area (Å²) in [6.07, 6.45) is 5.37. The molecule has 1 heterocycles. The summed E-state index contributed by atoms with van der Waals surface area (Å²) in [4.78, 5) is 0. The number of para-hydroxylation sites is 1. The maximum Gasteiger partial charge on any atom is 0.134 e. The first kappa shape index (κ1) is 13.7. The third-order valence-corrected chi connectivity index (χ3v) is 4.57. The first-order chi connectivity index (χ1) is 9.69. The number of benzene rings is 1. The molecule has 20 heavy (non-hydrogen) atoms. The van der Waals surface area contributed by atoms with E-state index in [1.807, 2.05) is 6.07 Å². The lowest BCUT2D eigenvalue weighted by Gasteiger charge is -2.21. The van der Waals surface area contributed by atoms with E-state index in [1.165, 1.54) is 36.6 Å². The molecule has 2 unspecified atom stereocenters. The second-order valence-electron chi connectivity index (χ2n) is 6.26. The Labute approximate surface area is 121 Å². The van der Waals surface area contributed by atoms with Gasteiger partial charge in [0.2, 0.25) is 0 Å². The van der Waals surface area contributed by atoms with Crippen molar-refractivity contribution in [3.8, 4) is 0 Å². The van der Waals surface area contributed by atoms with E-state index >= 15 is 0 Å². The molecule has 2 heteroatoms. The molecule has 1 aromatic heterocycles. The van der Waals surface area contributed by atoms with Gasteiger partial charge in [-0.2, -0.15) is 0 Å². The van der Waals surface area contributed by atoms with Gasteiger partial charge in [-0.05, 0) is 44.2 Å². The molecule has 0 saturated heterocycles. The highest BCUT2D eigenvalue weighted by Gasteiger charge is 2.26. The van der Waals surface area contributed by atoms with Crippen molar-refractivity contribution in [1.29, 1.82) is 0 Å². The predicted molar refractivity (Wildman–Crippen MR) is 83.9 cm³/mol. The highest BCUT2D eigenvalue weighted by atomic mass is 16.3. The van der Waals surface area contributed by atoms with E-state index in [1.54, 1.807) is 0 Å². The molecule has 1 aliphatic rings. The predicted octanol–water partition coefficient (Wildman–Crippen LogP) is 4.97. The fourth-order valence-corrected chi connectivity index (χ4v) is 3.14. The summed E-state index contributed by atoms with van der Waals surface area (Å²) in [5, 5.41) is 5.00. The molecule has 0 spiro atoms. The van der Waals surface area contributed by atoms with E-state index < -0.39 is 0 Å². The SMILES string of the molecule is CCC(CC1CC1)NC(C)c1oc2ccccc2c1C. The lowest BCUT2D eigenvalue weighted by molar-refractivity contribution is 0.366. The van der Waals surface area contributed by atoms with Gasteiger partial charge in [0.15, 0.2) is 0 Å². The van der Waals surface area contributed by atoms with Crippen LogP contribution in [0.5, 0.6) is 0 Å². The molecule has 2 atom stereocenters. The maximum absolute atomic E-state index is 6.06. The van der Waals surface area contributed by atoms with Crippen LogP contribution in [0.2, 0.25) is 0 Å². The summed E-state index contributed by atoms with van der Waals surface area (Å²) in [6, 6.07) is 9.21. The monoisotopic (exact) mass is 271 g/mol. The standard InChI is InChI=1S/C18H25NO/c1-4-15(11-14-9-10-14)19-13(3)18-12(2)16-7-5-6-8-17(16)20-18/h5-8,13-15,19H,4,9-11H2,1-3H3. The molecule has 1 aromatic carbocycles. The minimum Gasteiger partial charge on any atom is -0.459 e. The van der Waals surface area contributed by atoms with E-state index in [0.29, 0.717) is 6.04 Å². The second-order valence-corrected chi connectivity index (χ2v) is 6.26. The molecule has 3 rings (SSSR count). The Bertz CT molecular complexity index is 582. The van der Waals surface area contributed by atoms with Crippen molar-refractivity contribution < 1.29 is 4.42 Å². The lowest BCUT2D eigenvalue weighted by atomic mass is 10.0. The molecule has 2 aromatic rings. The molecule has 1 aliphatic carbocycles. The lowest BCUT2D eigenvalue weighted by Crippen LogP contribution is -2.31. The molecular formula is C18H25NO. The van der Waals surface area contributed by atoms with E-state index in [2.05, 4.69) is 44.3 Å². The van der Waals surface area contributed by atoms with Gasteiger partial charge in [-0.25, -0.2) is 0 Å². The summed E-state index contributed by atoms with van der Waals surface area (Å²) >= 11 is 0. The number of furan rings is 1. The number of hydrogen-bond acceptors (Lipinski definition) is 2. The summed E-state index contributed by atoms with van der Waals surface area (Å²) in [5.41, 5.74) is 2.28. The van der Waals surface area contributed by atoms with Crippen LogP contribution < -0.4 is 5.32 Å². The van der Waals surface area contributed by atoms with Gasteiger partial charge < -0.3 is 9.73 Å². The first-order valence-electron chi connectivity index (χ1n) is 7.93. The second kappa shape index (κ2) is 5.61. The minimum atomic E-state index is 0.283. The van der Waals surface area contributed by atoms with Gasteiger partial charge in [-0.3, -0.25) is 0 Å². The van der Waals surface area contributed by atoms with Crippen molar-refractivity contribution in [2.75, 3.05) is 0 Å². The van der Waals surface area contributed by atoms with Crippen molar-refractivity contribution in [1.82, 2.24) is 5.32 Å². The number of fused-ring (bicyclic) bond motifs is 1. The molecule has 1 N–H and O–H groups in total.